The number of ether oxygens (including phenoxy) is 1. The smallest absolute Gasteiger partial charge is 0.264 e. The summed E-state index contributed by atoms with van der Waals surface area (Å²) in [6.07, 6.45) is 0. The summed E-state index contributed by atoms with van der Waals surface area (Å²) in [6.45, 7) is 7.47. The third kappa shape index (κ3) is 6.04. The number of amides is 1. The number of hydrogen-bond donors (Lipinski definition) is 2. The Morgan fingerprint density at radius 1 is 1.00 bits per heavy atom. The Bertz CT molecular complexity index is 1190. The summed E-state index contributed by atoms with van der Waals surface area (Å²) in [5.41, 5.74) is 2.80. The number of hydrogen-bond acceptors (Lipinski definition) is 6. The van der Waals surface area contributed by atoms with Gasteiger partial charge >= 0.3 is 0 Å². The number of carbonyl (C=O) groups is 1. The van der Waals surface area contributed by atoms with Crippen molar-refractivity contribution >= 4 is 27.6 Å². The van der Waals surface area contributed by atoms with Crippen LogP contribution >= 0.6 is 0 Å². The molecule has 0 aliphatic heterocycles. The summed E-state index contributed by atoms with van der Waals surface area (Å²) < 4.78 is 33.2. The van der Waals surface area contributed by atoms with Crippen molar-refractivity contribution in [2.24, 2.45) is 0 Å². The summed E-state index contributed by atoms with van der Waals surface area (Å²) in [4.78, 5) is 20.5. The summed E-state index contributed by atoms with van der Waals surface area (Å²) in [5.74, 6) is 0.602. The molecule has 0 aliphatic rings. The number of aromatic nitrogens is 2. The normalized spacial score (nSPS) is 11.3. The number of carbonyl (C=O) groups excluding carboxylic acids is 1. The van der Waals surface area contributed by atoms with Crippen molar-refractivity contribution in [2.45, 2.75) is 38.5 Å². The average Bonchev–Trinajstić information content (AvgIpc) is 2.71. The molecular formula is C23H26N4O4S. The highest BCUT2D eigenvalue weighted by atomic mass is 32.2. The molecule has 3 aromatic rings. The SMILES string of the molecule is Cc1cc(C)nc(NS(=O)(=O)c2ccc(NC(=O)COc3ccccc3C(C)C)cc2)n1. The molecular weight excluding hydrogens is 428 g/mol. The highest BCUT2D eigenvalue weighted by molar-refractivity contribution is 7.92. The quantitative estimate of drug-likeness (QED) is 0.532. The lowest BCUT2D eigenvalue weighted by atomic mass is 10.0. The van der Waals surface area contributed by atoms with E-state index in [9.17, 15) is 13.2 Å². The molecule has 0 aliphatic carbocycles. The van der Waals surface area contributed by atoms with Gasteiger partial charge in [-0.2, -0.15) is 0 Å². The van der Waals surface area contributed by atoms with Crippen LogP contribution < -0.4 is 14.8 Å². The first-order valence-electron chi connectivity index (χ1n) is 10.1. The van der Waals surface area contributed by atoms with E-state index in [4.69, 9.17) is 4.74 Å². The molecule has 0 saturated carbocycles. The number of rotatable bonds is 8. The number of para-hydroxylation sites is 1. The predicted octanol–water partition coefficient (Wildman–Crippen LogP) is 4.04. The van der Waals surface area contributed by atoms with E-state index in [2.05, 4.69) is 33.9 Å². The van der Waals surface area contributed by atoms with Gasteiger partial charge in [-0.1, -0.05) is 32.0 Å². The summed E-state index contributed by atoms with van der Waals surface area (Å²) in [6, 6.07) is 15.1. The van der Waals surface area contributed by atoms with Crippen molar-refractivity contribution in [3.63, 3.8) is 0 Å². The van der Waals surface area contributed by atoms with Gasteiger partial charge in [-0.15, -0.1) is 0 Å². The summed E-state index contributed by atoms with van der Waals surface area (Å²) in [7, 11) is -3.86. The van der Waals surface area contributed by atoms with Crippen LogP contribution in [-0.2, 0) is 14.8 Å². The number of sulfonamides is 1. The zero-order chi connectivity index (χ0) is 23.3. The van der Waals surface area contributed by atoms with Crippen LogP contribution in [0.15, 0.2) is 59.5 Å². The molecule has 0 unspecified atom stereocenters. The fraction of sp³-hybridized carbons (Fsp3) is 0.261. The maximum absolute atomic E-state index is 12.6. The molecule has 32 heavy (non-hydrogen) atoms. The minimum absolute atomic E-state index is 0.0127. The number of nitrogens with one attached hydrogen (secondary N) is 2. The van der Waals surface area contributed by atoms with Crippen LogP contribution in [0.3, 0.4) is 0 Å². The maximum Gasteiger partial charge on any atom is 0.264 e. The van der Waals surface area contributed by atoms with Crippen LogP contribution in [0.4, 0.5) is 11.6 Å². The standard InChI is InChI=1S/C23H26N4O4S/c1-15(2)20-7-5-6-8-21(20)31-14-22(28)26-18-9-11-19(12-10-18)32(29,30)27-23-24-16(3)13-17(4)25-23/h5-13,15H,14H2,1-4H3,(H,26,28)(H,24,25,27). The fourth-order valence-electron chi connectivity index (χ4n) is 3.10. The van der Waals surface area contributed by atoms with E-state index in [1.54, 1.807) is 19.9 Å². The fourth-order valence-corrected chi connectivity index (χ4v) is 4.04. The van der Waals surface area contributed by atoms with Gasteiger partial charge in [0, 0.05) is 17.1 Å². The van der Waals surface area contributed by atoms with Crippen molar-refractivity contribution in [1.29, 1.82) is 0 Å². The summed E-state index contributed by atoms with van der Waals surface area (Å²) in [5, 5.41) is 2.70. The molecule has 3 rings (SSSR count). The topological polar surface area (TPSA) is 110 Å². The molecule has 0 spiro atoms. The monoisotopic (exact) mass is 454 g/mol. The molecule has 1 aromatic heterocycles. The van der Waals surface area contributed by atoms with E-state index < -0.39 is 10.0 Å². The largest absolute Gasteiger partial charge is 0.483 e. The first-order valence-corrected chi connectivity index (χ1v) is 11.6. The molecule has 1 heterocycles. The third-order valence-corrected chi connectivity index (χ3v) is 5.90. The Morgan fingerprint density at radius 2 is 1.62 bits per heavy atom. The minimum Gasteiger partial charge on any atom is -0.483 e. The lowest BCUT2D eigenvalue weighted by molar-refractivity contribution is -0.118. The van der Waals surface area contributed by atoms with Gasteiger partial charge in [-0.25, -0.2) is 23.1 Å². The van der Waals surface area contributed by atoms with Crippen LogP contribution in [0, 0.1) is 13.8 Å². The molecule has 0 fully saturated rings. The van der Waals surface area contributed by atoms with E-state index in [1.165, 1.54) is 24.3 Å². The Morgan fingerprint density at radius 3 is 2.25 bits per heavy atom. The lowest BCUT2D eigenvalue weighted by Crippen LogP contribution is -2.21. The van der Waals surface area contributed by atoms with Gasteiger partial charge < -0.3 is 10.1 Å². The van der Waals surface area contributed by atoms with Crippen LogP contribution in [0.25, 0.3) is 0 Å². The van der Waals surface area contributed by atoms with Crippen LogP contribution in [0.2, 0.25) is 0 Å². The van der Waals surface area contributed by atoms with Gasteiger partial charge in [0.25, 0.3) is 15.9 Å². The van der Waals surface area contributed by atoms with Crippen molar-refractivity contribution in [2.75, 3.05) is 16.6 Å². The molecule has 1 amide bonds. The number of anilines is 2. The summed E-state index contributed by atoms with van der Waals surface area (Å²) >= 11 is 0. The van der Waals surface area contributed by atoms with Crippen molar-refractivity contribution in [3.05, 3.63) is 71.5 Å². The van der Waals surface area contributed by atoms with Gasteiger partial charge in [-0.3, -0.25) is 4.79 Å². The van der Waals surface area contributed by atoms with Crippen molar-refractivity contribution in [1.82, 2.24) is 9.97 Å². The van der Waals surface area contributed by atoms with Crippen LogP contribution in [0.1, 0.15) is 36.7 Å². The van der Waals surface area contributed by atoms with Gasteiger partial charge in [0.1, 0.15) is 5.75 Å². The highest BCUT2D eigenvalue weighted by Gasteiger charge is 2.16. The molecule has 168 valence electrons. The second-order valence-corrected chi connectivity index (χ2v) is 9.32. The van der Waals surface area contributed by atoms with Gasteiger partial charge in [0.05, 0.1) is 4.90 Å². The number of nitrogens with zero attached hydrogens (tertiary/aromatic N) is 2. The highest BCUT2D eigenvalue weighted by Crippen LogP contribution is 2.25. The molecule has 0 atom stereocenters. The number of benzene rings is 2. The number of aryl methyl sites for hydroxylation is 2. The van der Waals surface area contributed by atoms with E-state index in [1.807, 2.05) is 24.3 Å². The van der Waals surface area contributed by atoms with Crippen LogP contribution in [0.5, 0.6) is 5.75 Å². The van der Waals surface area contributed by atoms with E-state index in [0.29, 0.717) is 22.8 Å². The average molecular weight is 455 g/mol. The maximum atomic E-state index is 12.6. The molecule has 0 saturated heterocycles. The first kappa shape index (κ1) is 23.2. The minimum atomic E-state index is -3.86. The molecule has 9 heteroatoms. The Labute approximate surface area is 188 Å². The van der Waals surface area contributed by atoms with Gasteiger partial charge in [0.2, 0.25) is 5.95 Å². The zero-order valence-electron chi connectivity index (χ0n) is 18.4. The lowest BCUT2D eigenvalue weighted by Gasteiger charge is -2.14. The second kappa shape index (κ2) is 9.78. The van der Waals surface area contributed by atoms with E-state index >= 15 is 0 Å². The van der Waals surface area contributed by atoms with Crippen molar-refractivity contribution < 1.29 is 17.9 Å². The Balaban J connectivity index is 1.62. The van der Waals surface area contributed by atoms with E-state index in [0.717, 1.165) is 5.56 Å². The molecule has 2 aromatic carbocycles. The second-order valence-electron chi connectivity index (χ2n) is 7.63. The van der Waals surface area contributed by atoms with Gasteiger partial charge in [0.15, 0.2) is 6.61 Å². The van der Waals surface area contributed by atoms with Gasteiger partial charge in [-0.05, 0) is 61.7 Å². The van der Waals surface area contributed by atoms with Crippen LogP contribution in [-0.4, -0.2) is 30.9 Å². The first-order chi connectivity index (χ1) is 15.1. The molecule has 2 N–H and O–H groups in total. The van der Waals surface area contributed by atoms with E-state index in [-0.39, 0.29) is 29.3 Å². The zero-order valence-corrected chi connectivity index (χ0v) is 19.2. The predicted molar refractivity (Wildman–Crippen MR) is 123 cm³/mol. The molecule has 0 radical (unpaired) electrons. The molecule has 8 nitrogen and oxygen atoms in total. The Kier molecular flexibility index (Phi) is 7.09. The Hall–Kier alpha value is -3.46. The van der Waals surface area contributed by atoms with Crippen molar-refractivity contribution in [3.8, 4) is 5.75 Å². The third-order valence-electron chi connectivity index (χ3n) is 4.56. The molecule has 0 bridgehead atoms.